The maximum atomic E-state index is 5.48. The molecule has 9 heteroatoms. The van der Waals surface area contributed by atoms with Crippen molar-refractivity contribution in [2.75, 3.05) is 39.4 Å². The number of fused-ring (bicyclic) bond motifs is 1. The average molecular weight is 563 g/mol. The summed E-state index contributed by atoms with van der Waals surface area (Å²) in [7, 11) is 0. The number of hydrogen-bond acceptors (Lipinski definition) is 5. The van der Waals surface area contributed by atoms with Crippen molar-refractivity contribution in [3.05, 3.63) is 65.6 Å². The monoisotopic (exact) mass is 563 g/mol. The molecular formula is C24H34IN7O. The molecule has 3 heterocycles. The van der Waals surface area contributed by atoms with Gasteiger partial charge in [0.2, 0.25) is 0 Å². The number of nitrogens with one attached hydrogen (secondary N) is 2. The maximum Gasteiger partial charge on any atom is 0.191 e. The Labute approximate surface area is 212 Å². The van der Waals surface area contributed by atoms with Gasteiger partial charge in [0, 0.05) is 45.3 Å². The summed E-state index contributed by atoms with van der Waals surface area (Å²) in [5.41, 5.74) is 3.50. The molecule has 2 aromatic heterocycles. The highest BCUT2D eigenvalue weighted by Gasteiger charge is 2.12. The van der Waals surface area contributed by atoms with E-state index in [1.54, 1.807) is 0 Å². The van der Waals surface area contributed by atoms with Gasteiger partial charge in [-0.25, -0.2) is 4.99 Å². The third-order valence-electron chi connectivity index (χ3n) is 5.62. The molecule has 8 nitrogen and oxygen atoms in total. The van der Waals surface area contributed by atoms with Gasteiger partial charge < -0.3 is 15.4 Å². The first-order valence-corrected chi connectivity index (χ1v) is 11.5. The van der Waals surface area contributed by atoms with Crippen LogP contribution in [0.3, 0.4) is 0 Å². The van der Waals surface area contributed by atoms with Crippen LogP contribution >= 0.6 is 24.0 Å². The van der Waals surface area contributed by atoms with Crippen molar-refractivity contribution in [1.82, 2.24) is 30.1 Å². The highest BCUT2D eigenvalue weighted by atomic mass is 127. The van der Waals surface area contributed by atoms with E-state index in [4.69, 9.17) is 9.73 Å². The van der Waals surface area contributed by atoms with Crippen molar-refractivity contribution in [1.29, 1.82) is 0 Å². The Morgan fingerprint density at radius 3 is 2.64 bits per heavy atom. The number of hydrogen-bond donors (Lipinski definition) is 2. The van der Waals surface area contributed by atoms with Gasteiger partial charge in [0.25, 0.3) is 0 Å². The summed E-state index contributed by atoms with van der Waals surface area (Å²) < 4.78 is 7.52. The summed E-state index contributed by atoms with van der Waals surface area (Å²) in [6, 6.07) is 14.6. The lowest BCUT2D eigenvalue weighted by molar-refractivity contribution is 0.0341. The quantitative estimate of drug-likeness (QED) is 0.181. The van der Waals surface area contributed by atoms with Crippen LogP contribution in [-0.4, -0.2) is 64.9 Å². The van der Waals surface area contributed by atoms with E-state index >= 15 is 0 Å². The molecule has 1 saturated heterocycles. The van der Waals surface area contributed by atoms with Crippen LogP contribution in [0.1, 0.15) is 30.3 Å². The first-order valence-electron chi connectivity index (χ1n) is 11.5. The number of pyridine rings is 1. The van der Waals surface area contributed by atoms with E-state index in [-0.39, 0.29) is 24.0 Å². The third-order valence-corrected chi connectivity index (χ3v) is 5.62. The molecule has 0 unspecified atom stereocenters. The lowest BCUT2D eigenvalue weighted by Crippen LogP contribution is -2.38. The van der Waals surface area contributed by atoms with E-state index in [2.05, 4.69) is 56.9 Å². The van der Waals surface area contributed by atoms with E-state index in [1.807, 2.05) is 28.8 Å². The minimum absolute atomic E-state index is 0. The molecular weight excluding hydrogens is 529 g/mol. The van der Waals surface area contributed by atoms with Crippen molar-refractivity contribution in [2.45, 2.75) is 32.9 Å². The summed E-state index contributed by atoms with van der Waals surface area (Å²) in [5.74, 6) is 1.83. The number of aryl methyl sites for hydroxylation is 1. The minimum atomic E-state index is 0. The van der Waals surface area contributed by atoms with Crippen LogP contribution in [0.5, 0.6) is 0 Å². The minimum Gasteiger partial charge on any atom is -0.379 e. The largest absolute Gasteiger partial charge is 0.379 e. The standard InChI is InChI=1S/C24H33N7O.HI/c1-2-25-24(26-12-7-11-23-29-28-22-10-5-6-13-31(22)23)27-18-20-8-3-4-9-21(20)19-30-14-16-32-17-15-30;/h3-6,8-10,13H,2,7,11-12,14-19H2,1H3,(H2,25,26,27);1H. The Morgan fingerprint density at radius 2 is 1.82 bits per heavy atom. The lowest BCUT2D eigenvalue weighted by atomic mass is 10.1. The molecule has 4 rings (SSSR count). The zero-order chi connectivity index (χ0) is 22.0. The predicted octanol–water partition coefficient (Wildman–Crippen LogP) is 2.87. The number of halogens is 1. The Morgan fingerprint density at radius 1 is 1.03 bits per heavy atom. The van der Waals surface area contributed by atoms with E-state index in [0.717, 1.165) is 76.2 Å². The SMILES string of the molecule is CCNC(=NCc1ccccc1CN1CCOCC1)NCCCc1nnc2ccccn12.I. The maximum absolute atomic E-state index is 5.48. The van der Waals surface area contributed by atoms with E-state index in [9.17, 15) is 0 Å². The second-order valence-electron chi connectivity index (χ2n) is 7.93. The lowest BCUT2D eigenvalue weighted by Gasteiger charge is -2.27. The Hall–Kier alpha value is -2.24. The summed E-state index contributed by atoms with van der Waals surface area (Å²) in [6.45, 7) is 8.96. The van der Waals surface area contributed by atoms with E-state index < -0.39 is 0 Å². The fraction of sp³-hybridized carbons (Fsp3) is 0.458. The first-order chi connectivity index (χ1) is 15.8. The number of benzene rings is 1. The topological polar surface area (TPSA) is 79.1 Å². The normalized spacial score (nSPS) is 14.8. The number of ether oxygens (including phenoxy) is 1. The fourth-order valence-electron chi connectivity index (χ4n) is 3.89. The van der Waals surface area contributed by atoms with Gasteiger partial charge in [0.15, 0.2) is 11.6 Å². The molecule has 33 heavy (non-hydrogen) atoms. The van der Waals surface area contributed by atoms with Crippen LogP contribution in [0.2, 0.25) is 0 Å². The van der Waals surface area contributed by atoms with Gasteiger partial charge >= 0.3 is 0 Å². The second kappa shape index (κ2) is 13.5. The van der Waals surface area contributed by atoms with Crippen LogP contribution in [0.25, 0.3) is 5.65 Å². The third kappa shape index (κ3) is 7.38. The smallest absolute Gasteiger partial charge is 0.191 e. The predicted molar refractivity (Wildman–Crippen MR) is 142 cm³/mol. The van der Waals surface area contributed by atoms with Gasteiger partial charge in [0.05, 0.1) is 19.8 Å². The van der Waals surface area contributed by atoms with Gasteiger partial charge in [-0.1, -0.05) is 30.3 Å². The molecule has 0 aliphatic carbocycles. The van der Waals surface area contributed by atoms with E-state index in [0.29, 0.717) is 6.54 Å². The molecule has 3 aromatic rings. The number of aromatic nitrogens is 3. The molecule has 1 aromatic carbocycles. The van der Waals surface area contributed by atoms with Crippen LogP contribution in [0.15, 0.2) is 53.7 Å². The highest BCUT2D eigenvalue weighted by molar-refractivity contribution is 14.0. The number of guanidine groups is 1. The zero-order valence-electron chi connectivity index (χ0n) is 19.2. The summed E-state index contributed by atoms with van der Waals surface area (Å²) in [5, 5.41) is 15.3. The molecule has 2 N–H and O–H groups in total. The summed E-state index contributed by atoms with van der Waals surface area (Å²) in [4.78, 5) is 7.29. The van der Waals surface area contributed by atoms with Gasteiger partial charge in [-0.2, -0.15) is 0 Å². The molecule has 0 atom stereocenters. The highest BCUT2D eigenvalue weighted by Crippen LogP contribution is 2.14. The van der Waals surface area contributed by atoms with Crippen LogP contribution in [0, 0.1) is 0 Å². The van der Waals surface area contributed by atoms with Crippen molar-refractivity contribution < 1.29 is 4.74 Å². The molecule has 1 aliphatic heterocycles. The van der Waals surface area contributed by atoms with Crippen molar-refractivity contribution >= 4 is 35.6 Å². The second-order valence-corrected chi connectivity index (χ2v) is 7.93. The molecule has 0 bridgehead atoms. The number of morpholine rings is 1. The van der Waals surface area contributed by atoms with Gasteiger partial charge in [-0.15, -0.1) is 34.2 Å². The Balaban J connectivity index is 0.00000306. The summed E-state index contributed by atoms with van der Waals surface area (Å²) in [6.07, 6.45) is 3.83. The van der Waals surface area contributed by atoms with Crippen LogP contribution in [-0.2, 0) is 24.2 Å². The van der Waals surface area contributed by atoms with Gasteiger partial charge in [-0.3, -0.25) is 9.30 Å². The molecule has 1 aliphatic rings. The number of nitrogens with zero attached hydrogens (tertiary/aromatic N) is 5. The van der Waals surface area contributed by atoms with Crippen molar-refractivity contribution in [3.63, 3.8) is 0 Å². The Bertz CT molecular complexity index is 1020. The first kappa shape index (κ1) is 25.4. The van der Waals surface area contributed by atoms with Crippen molar-refractivity contribution in [3.8, 4) is 0 Å². The number of aliphatic imine (C=N–C) groups is 1. The fourth-order valence-corrected chi connectivity index (χ4v) is 3.89. The van der Waals surface area contributed by atoms with Crippen molar-refractivity contribution in [2.24, 2.45) is 4.99 Å². The average Bonchev–Trinajstić information content (AvgIpc) is 3.25. The molecule has 0 amide bonds. The van der Waals surface area contributed by atoms with Gasteiger partial charge in [-0.05, 0) is 36.6 Å². The molecule has 0 saturated carbocycles. The molecule has 1 fully saturated rings. The van der Waals surface area contributed by atoms with Gasteiger partial charge in [0.1, 0.15) is 5.82 Å². The Kier molecular flexibility index (Phi) is 10.4. The molecule has 0 spiro atoms. The van der Waals surface area contributed by atoms with Crippen LogP contribution in [0.4, 0.5) is 0 Å². The molecule has 178 valence electrons. The van der Waals surface area contributed by atoms with Crippen LogP contribution < -0.4 is 10.6 Å². The number of rotatable bonds is 9. The van der Waals surface area contributed by atoms with E-state index in [1.165, 1.54) is 11.1 Å². The zero-order valence-corrected chi connectivity index (χ0v) is 21.6. The summed E-state index contributed by atoms with van der Waals surface area (Å²) >= 11 is 0. The molecule has 0 radical (unpaired) electrons.